The molecule has 19 heavy (non-hydrogen) atoms. The van der Waals surface area contributed by atoms with Crippen molar-refractivity contribution in [2.75, 3.05) is 11.9 Å². The van der Waals surface area contributed by atoms with Crippen LogP contribution in [0.3, 0.4) is 0 Å². The average Bonchev–Trinajstić information content (AvgIpc) is 2.70. The highest BCUT2D eigenvalue weighted by atomic mass is 16.1. The number of carbonyl (C=O) groups is 1. The molecule has 0 saturated heterocycles. The van der Waals surface area contributed by atoms with Crippen molar-refractivity contribution in [3.8, 4) is 0 Å². The number of nitrogens with one attached hydrogen (secondary N) is 2. The Morgan fingerprint density at radius 1 is 1.53 bits per heavy atom. The van der Waals surface area contributed by atoms with E-state index in [9.17, 15) is 4.79 Å². The van der Waals surface area contributed by atoms with Crippen LogP contribution in [0.5, 0.6) is 0 Å². The minimum atomic E-state index is -0.0241. The first-order valence-electron chi connectivity index (χ1n) is 7.04. The molecule has 4 heteroatoms. The summed E-state index contributed by atoms with van der Waals surface area (Å²) in [4.78, 5) is 16.6. The fraction of sp³-hybridized carbons (Fsp3) is 0.600. The molecule has 1 aliphatic rings. The number of carbonyl (C=O) groups excluding carboxylic acids is 1. The smallest absolute Gasteiger partial charge is 0.255 e. The molecule has 0 radical (unpaired) electrons. The van der Waals surface area contributed by atoms with Gasteiger partial charge in [0, 0.05) is 18.8 Å². The van der Waals surface area contributed by atoms with E-state index in [1.54, 1.807) is 12.3 Å². The molecular weight excluding hydrogens is 238 g/mol. The molecule has 1 atom stereocenters. The first-order chi connectivity index (χ1) is 9.04. The van der Waals surface area contributed by atoms with Gasteiger partial charge in [-0.15, -0.1) is 0 Å². The molecule has 2 N–H and O–H groups in total. The molecule has 1 aromatic heterocycles. The number of aromatic nitrogens is 1. The molecule has 1 amide bonds. The van der Waals surface area contributed by atoms with Crippen LogP contribution >= 0.6 is 0 Å². The lowest BCUT2D eigenvalue weighted by atomic mass is 9.87. The molecule has 1 aliphatic carbocycles. The Morgan fingerprint density at radius 3 is 2.95 bits per heavy atom. The Bertz CT molecular complexity index is 456. The Hall–Kier alpha value is -1.58. The van der Waals surface area contributed by atoms with Gasteiger partial charge in [-0.05, 0) is 37.3 Å². The standard InChI is InChI=1S/C15H23N3O/c1-4-16-13-11(7-6-10-17-13)14(19)18-12-8-5-9-15(12,2)3/h6-7,10,12H,4-5,8-9H2,1-3H3,(H,16,17)(H,18,19). The van der Waals surface area contributed by atoms with Crippen LogP contribution in [-0.4, -0.2) is 23.5 Å². The Balaban J connectivity index is 2.12. The fourth-order valence-corrected chi connectivity index (χ4v) is 2.73. The summed E-state index contributed by atoms with van der Waals surface area (Å²) in [7, 11) is 0. The number of rotatable bonds is 4. The first-order valence-corrected chi connectivity index (χ1v) is 7.04. The highest BCUT2D eigenvalue weighted by Gasteiger charge is 2.35. The van der Waals surface area contributed by atoms with Crippen molar-refractivity contribution in [1.29, 1.82) is 0 Å². The first kappa shape index (κ1) is 13.8. The van der Waals surface area contributed by atoms with E-state index in [0.717, 1.165) is 13.0 Å². The zero-order valence-corrected chi connectivity index (χ0v) is 12.0. The molecule has 1 saturated carbocycles. The second-order valence-electron chi connectivity index (χ2n) is 5.84. The zero-order chi connectivity index (χ0) is 13.9. The number of nitrogens with zero attached hydrogens (tertiary/aromatic N) is 1. The van der Waals surface area contributed by atoms with Gasteiger partial charge in [0.25, 0.3) is 5.91 Å². The predicted octanol–water partition coefficient (Wildman–Crippen LogP) is 2.82. The van der Waals surface area contributed by atoms with Gasteiger partial charge in [-0.25, -0.2) is 4.98 Å². The van der Waals surface area contributed by atoms with E-state index in [2.05, 4.69) is 29.5 Å². The molecule has 0 aliphatic heterocycles. The molecular formula is C15H23N3O. The van der Waals surface area contributed by atoms with Gasteiger partial charge < -0.3 is 10.6 Å². The molecule has 4 nitrogen and oxygen atoms in total. The summed E-state index contributed by atoms with van der Waals surface area (Å²) >= 11 is 0. The number of pyridine rings is 1. The average molecular weight is 261 g/mol. The number of anilines is 1. The van der Waals surface area contributed by atoms with Gasteiger partial charge in [-0.1, -0.05) is 20.3 Å². The van der Waals surface area contributed by atoms with Crippen molar-refractivity contribution in [2.24, 2.45) is 5.41 Å². The maximum Gasteiger partial charge on any atom is 0.255 e. The van der Waals surface area contributed by atoms with Crippen LogP contribution in [0, 0.1) is 5.41 Å². The maximum atomic E-state index is 12.4. The topological polar surface area (TPSA) is 54.0 Å². The van der Waals surface area contributed by atoms with Gasteiger partial charge in [0.2, 0.25) is 0 Å². The summed E-state index contributed by atoms with van der Waals surface area (Å²) < 4.78 is 0. The van der Waals surface area contributed by atoms with Crippen LogP contribution in [0.15, 0.2) is 18.3 Å². The summed E-state index contributed by atoms with van der Waals surface area (Å²) in [5.74, 6) is 0.641. The lowest BCUT2D eigenvalue weighted by Crippen LogP contribution is -2.41. The molecule has 1 aromatic rings. The minimum Gasteiger partial charge on any atom is -0.370 e. The van der Waals surface area contributed by atoms with Gasteiger partial charge >= 0.3 is 0 Å². The van der Waals surface area contributed by atoms with E-state index in [1.807, 2.05) is 13.0 Å². The normalized spacial score (nSPS) is 21.1. The summed E-state index contributed by atoms with van der Waals surface area (Å²) in [6.07, 6.45) is 5.12. The Labute approximate surface area is 115 Å². The second kappa shape index (κ2) is 5.59. The van der Waals surface area contributed by atoms with Crippen LogP contribution in [0.2, 0.25) is 0 Å². The molecule has 0 spiro atoms. The number of hydrogen-bond donors (Lipinski definition) is 2. The summed E-state index contributed by atoms with van der Waals surface area (Å²) in [6.45, 7) is 7.20. The van der Waals surface area contributed by atoms with Crippen molar-refractivity contribution < 1.29 is 4.79 Å². The molecule has 2 rings (SSSR count). The van der Waals surface area contributed by atoms with Gasteiger partial charge in [0.15, 0.2) is 0 Å². The van der Waals surface area contributed by atoms with Crippen LogP contribution in [0.25, 0.3) is 0 Å². The monoisotopic (exact) mass is 261 g/mol. The fourth-order valence-electron chi connectivity index (χ4n) is 2.73. The van der Waals surface area contributed by atoms with E-state index >= 15 is 0 Å². The molecule has 1 heterocycles. The summed E-state index contributed by atoms with van der Waals surface area (Å²) in [5, 5.41) is 6.30. The van der Waals surface area contributed by atoms with Gasteiger partial charge in [-0.3, -0.25) is 4.79 Å². The van der Waals surface area contributed by atoms with Crippen molar-refractivity contribution in [3.05, 3.63) is 23.9 Å². The van der Waals surface area contributed by atoms with Crippen LogP contribution < -0.4 is 10.6 Å². The van der Waals surface area contributed by atoms with Crippen LogP contribution in [-0.2, 0) is 0 Å². The lowest BCUT2D eigenvalue weighted by Gasteiger charge is -2.28. The Morgan fingerprint density at radius 2 is 2.32 bits per heavy atom. The van der Waals surface area contributed by atoms with Crippen molar-refractivity contribution in [1.82, 2.24) is 10.3 Å². The number of hydrogen-bond acceptors (Lipinski definition) is 3. The van der Waals surface area contributed by atoms with Gasteiger partial charge in [0.05, 0.1) is 5.56 Å². The third-order valence-electron chi connectivity index (χ3n) is 3.96. The van der Waals surface area contributed by atoms with E-state index in [1.165, 1.54) is 12.8 Å². The second-order valence-corrected chi connectivity index (χ2v) is 5.84. The van der Waals surface area contributed by atoms with Crippen molar-refractivity contribution >= 4 is 11.7 Å². The third-order valence-corrected chi connectivity index (χ3v) is 3.96. The van der Waals surface area contributed by atoms with E-state index < -0.39 is 0 Å². The quantitative estimate of drug-likeness (QED) is 0.876. The molecule has 1 fully saturated rings. The minimum absolute atomic E-state index is 0.0241. The largest absolute Gasteiger partial charge is 0.370 e. The summed E-state index contributed by atoms with van der Waals surface area (Å²) in [6, 6.07) is 3.88. The molecule has 0 bridgehead atoms. The van der Waals surface area contributed by atoms with Crippen molar-refractivity contribution in [3.63, 3.8) is 0 Å². The van der Waals surface area contributed by atoms with Crippen LogP contribution in [0.1, 0.15) is 50.4 Å². The van der Waals surface area contributed by atoms with Crippen LogP contribution in [0.4, 0.5) is 5.82 Å². The Kier molecular flexibility index (Phi) is 4.08. The van der Waals surface area contributed by atoms with E-state index in [4.69, 9.17) is 0 Å². The molecule has 1 unspecified atom stereocenters. The highest BCUT2D eigenvalue weighted by Crippen LogP contribution is 2.37. The van der Waals surface area contributed by atoms with E-state index in [-0.39, 0.29) is 17.4 Å². The molecule has 0 aromatic carbocycles. The number of amides is 1. The van der Waals surface area contributed by atoms with Gasteiger partial charge in [0.1, 0.15) is 5.82 Å². The van der Waals surface area contributed by atoms with Crippen molar-refractivity contribution in [2.45, 2.75) is 46.1 Å². The van der Waals surface area contributed by atoms with E-state index in [0.29, 0.717) is 11.4 Å². The summed E-state index contributed by atoms with van der Waals surface area (Å²) in [5.41, 5.74) is 0.822. The lowest BCUT2D eigenvalue weighted by molar-refractivity contribution is 0.0910. The SMILES string of the molecule is CCNc1ncccc1C(=O)NC1CCCC1(C)C. The maximum absolute atomic E-state index is 12.4. The highest BCUT2D eigenvalue weighted by molar-refractivity contribution is 5.98. The van der Waals surface area contributed by atoms with Gasteiger partial charge in [-0.2, -0.15) is 0 Å². The predicted molar refractivity (Wildman–Crippen MR) is 77.3 cm³/mol. The third kappa shape index (κ3) is 3.06. The zero-order valence-electron chi connectivity index (χ0n) is 12.0. The molecule has 104 valence electrons.